The normalized spacial score (nSPS) is 16.9. The number of nitrogens with one attached hydrogen (secondary N) is 3. The summed E-state index contributed by atoms with van der Waals surface area (Å²) in [5.74, 6) is -0.878. The van der Waals surface area contributed by atoms with Crippen molar-refractivity contribution < 1.29 is 14.0 Å². The van der Waals surface area contributed by atoms with Crippen LogP contribution in [0.25, 0.3) is 0 Å². The quantitative estimate of drug-likeness (QED) is 0.802. The number of urea groups is 1. The van der Waals surface area contributed by atoms with Gasteiger partial charge in [0.05, 0.1) is 11.6 Å². The van der Waals surface area contributed by atoms with Crippen molar-refractivity contribution in [3.63, 3.8) is 0 Å². The van der Waals surface area contributed by atoms with Crippen molar-refractivity contribution in [2.75, 3.05) is 5.32 Å². The lowest BCUT2D eigenvalue weighted by molar-refractivity contribution is -0.113. The fourth-order valence-electron chi connectivity index (χ4n) is 2.84. The lowest BCUT2D eigenvalue weighted by atomic mass is 9.94. The van der Waals surface area contributed by atoms with E-state index in [-0.39, 0.29) is 11.1 Å². The summed E-state index contributed by atoms with van der Waals surface area (Å²) >= 11 is 0. The van der Waals surface area contributed by atoms with E-state index in [1.165, 1.54) is 6.07 Å². The van der Waals surface area contributed by atoms with E-state index in [0.29, 0.717) is 11.4 Å². The molecule has 1 atom stereocenters. The average molecular weight is 339 g/mol. The van der Waals surface area contributed by atoms with Crippen LogP contribution in [0, 0.1) is 12.7 Å². The highest BCUT2D eigenvalue weighted by atomic mass is 19.1. The van der Waals surface area contributed by atoms with Crippen LogP contribution in [0.1, 0.15) is 24.1 Å². The van der Waals surface area contributed by atoms with Gasteiger partial charge in [0.2, 0.25) is 0 Å². The van der Waals surface area contributed by atoms with E-state index >= 15 is 0 Å². The Morgan fingerprint density at radius 3 is 2.48 bits per heavy atom. The Labute approximate surface area is 144 Å². The first-order chi connectivity index (χ1) is 12.0. The van der Waals surface area contributed by atoms with Crippen LogP contribution in [0.5, 0.6) is 0 Å². The van der Waals surface area contributed by atoms with E-state index < -0.39 is 23.8 Å². The van der Waals surface area contributed by atoms with Crippen LogP contribution in [0.4, 0.5) is 14.9 Å². The second kappa shape index (κ2) is 6.76. The summed E-state index contributed by atoms with van der Waals surface area (Å²) in [7, 11) is 0. The molecule has 0 fully saturated rings. The number of hydrogen-bond acceptors (Lipinski definition) is 2. The molecule has 1 aliphatic heterocycles. The van der Waals surface area contributed by atoms with Gasteiger partial charge in [-0.05, 0) is 31.5 Å². The highest BCUT2D eigenvalue weighted by Gasteiger charge is 2.32. The molecule has 0 unspecified atom stereocenters. The van der Waals surface area contributed by atoms with Gasteiger partial charge in [-0.15, -0.1) is 0 Å². The molecule has 1 heterocycles. The zero-order valence-electron chi connectivity index (χ0n) is 13.9. The van der Waals surface area contributed by atoms with Crippen molar-refractivity contribution in [1.29, 1.82) is 0 Å². The molecule has 0 saturated carbocycles. The van der Waals surface area contributed by atoms with E-state index in [9.17, 15) is 14.0 Å². The molecule has 0 saturated heterocycles. The topological polar surface area (TPSA) is 70.2 Å². The maximum absolute atomic E-state index is 14.2. The van der Waals surface area contributed by atoms with Crippen molar-refractivity contribution in [2.45, 2.75) is 19.9 Å². The Bertz CT molecular complexity index is 876. The number of allylic oxidation sites excluding steroid dienone is 1. The first-order valence-electron chi connectivity index (χ1n) is 7.87. The van der Waals surface area contributed by atoms with Crippen molar-refractivity contribution in [2.24, 2.45) is 0 Å². The van der Waals surface area contributed by atoms with E-state index in [1.807, 2.05) is 25.1 Å². The number of rotatable bonds is 3. The minimum atomic E-state index is -0.862. The van der Waals surface area contributed by atoms with Gasteiger partial charge >= 0.3 is 6.03 Å². The third-order valence-corrected chi connectivity index (χ3v) is 4.12. The maximum atomic E-state index is 14.2. The summed E-state index contributed by atoms with van der Waals surface area (Å²) in [5.41, 5.74) is 2.48. The number of anilines is 1. The molecule has 3 rings (SSSR count). The Balaban J connectivity index is 1.99. The minimum Gasteiger partial charge on any atom is -0.327 e. The van der Waals surface area contributed by atoms with Crippen LogP contribution in [-0.2, 0) is 4.79 Å². The largest absolute Gasteiger partial charge is 0.327 e. The molecule has 3 amide bonds. The molecule has 0 bridgehead atoms. The summed E-state index contributed by atoms with van der Waals surface area (Å²) in [6, 6.07) is 12.1. The van der Waals surface area contributed by atoms with Crippen LogP contribution in [-0.4, -0.2) is 11.9 Å². The van der Waals surface area contributed by atoms with Crippen LogP contribution < -0.4 is 16.0 Å². The molecule has 0 spiro atoms. The molecule has 0 aliphatic carbocycles. The lowest BCUT2D eigenvalue weighted by Crippen LogP contribution is -2.46. The van der Waals surface area contributed by atoms with E-state index in [0.717, 1.165) is 5.56 Å². The van der Waals surface area contributed by atoms with Crippen molar-refractivity contribution in [3.8, 4) is 0 Å². The molecule has 2 aromatic rings. The molecule has 25 heavy (non-hydrogen) atoms. The number of amides is 3. The summed E-state index contributed by atoms with van der Waals surface area (Å²) in [5, 5.41) is 8.04. The number of para-hydroxylation sites is 1. The average Bonchev–Trinajstić information content (AvgIpc) is 2.56. The smallest absolute Gasteiger partial charge is 0.319 e. The van der Waals surface area contributed by atoms with Crippen LogP contribution in [0.15, 0.2) is 59.8 Å². The highest BCUT2D eigenvalue weighted by Crippen LogP contribution is 2.29. The van der Waals surface area contributed by atoms with Gasteiger partial charge < -0.3 is 16.0 Å². The third kappa shape index (κ3) is 3.38. The fourth-order valence-corrected chi connectivity index (χ4v) is 2.84. The summed E-state index contributed by atoms with van der Waals surface area (Å²) in [4.78, 5) is 24.7. The standard InChI is InChI=1S/C19H18FN3O2/c1-11-7-3-6-10-15(11)22-18(24)16-12(2)21-19(25)23-17(16)13-8-4-5-9-14(13)20/h3-10,17H,1-2H3,(H,22,24)(H2,21,23,25)/t17-/m0/s1. The van der Waals surface area contributed by atoms with E-state index in [4.69, 9.17) is 0 Å². The molecule has 0 aromatic heterocycles. The molecule has 1 aliphatic rings. The number of hydrogen-bond donors (Lipinski definition) is 3. The zero-order valence-corrected chi connectivity index (χ0v) is 13.9. The highest BCUT2D eigenvalue weighted by molar-refractivity contribution is 6.07. The molecular weight excluding hydrogens is 321 g/mol. The Morgan fingerprint density at radius 1 is 1.08 bits per heavy atom. The van der Waals surface area contributed by atoms with E-state index in [2.05, 4.69) is 16.0 Å². The van der Waals surface area contributed by atoms with Crippen molar-refractivity contribution in [3.05, 3.63) is 76.7 Å². The number of carbonyl (C=O) groups excluding carboxylic acids is 2. The first kappa shape index (κ1) is 16.7. The summed E-state index contributed by atoms with van der Waals surface area (Å²) in [6.45, 7) is 3.51. The van der Waals surface area contributed by atoms with E-state index in [1.54, 1.807) is 31.2 Å². The number of aryl methyl sites for hydroxylation is 1. The van der Waals surface area contributed by atoms with Crippen molar-refractivity contribution in [1.82, 2.24) is 10.6 Å². The lowest BCUT2D eigenvalue weighted by Gasteiger charge is -2.29. The predicted octanol–water partition coefficient (Wildman–Crippen LogP) is 3.40. The van der Waals surface area contributed by atoms with Gasteiger partial charge in [0.15, 0.2) is 0 Å². The summed E-state index contributed by atoms with van der Waals surface area (Å²) in [6.07, 6.45) is 0. The van der Waals surface area contributed by atoms with Gasteiger partial charge in [0.25, 0.3) is 5.91 Å². The van der Waals surface area contributed by atoms with Gasteiger partial charge in [-0.2, -0.15) is 0 Å². The Hall–Kier alpha value is -3.15. The Kier molecular flexibility index (Phi) is 4.52. The van der Waals surface area contributed by atoms with Crippen molar-refractivity contribution >= 4 is 17.6 Å². The molecular formula is C19H18FN3O2. The maximum Gasteiger partial charge on any atom is 0.319 e. The van der Waals surface area contributed by atoms with Crippen LogP contribution in [0.3, 0.4) is 0 Å². The van der Waals surface area contributed by atoms with Crippen LogP contribution in [0.2, 0.25) is 0 Å². The van der Waals surface area contributed by atoms with Gasteiger partial charge in [-0.1, -0.05) is 36.4 Å². The third-order valence-electron chi connectivity index (χ3n) is 4.12. The first-order valence-corrected chi connectivity index (χ1v) is 7.87. The number of carbonyl (C=O) groups is 2. The number of halogens is 1. The Morgan fingerprint density at radius 2 is 1.76 bits per heavy atom. The van der Waals surface area contributed by atoms with Gasteiger partial charge in [0.1, 0.15) is 5.82 Å². The minimum absolute atomic E-state index is 0.242. The van der Waals surface area contributed by atoms with Gasteiger partial charge in [0, 0.05) is 16.9 Å². The second-order valence-electron chi connectivity index (χ2n) is 5.86. The predicted molar refractivity (Wildman–Crippen MR) is 93.3 cm³/mol. The zero-order chi connectivity index (χ0) is 18.0. The molecule has 3 N–H and O–H groups in total. The van der Waals surface area contributed by atoms with Gasteiger partial charge in [-0.3, -0.25) is 4.79 Å². The molecule has 2 aromatic carbocycles. The molecule has 5 nitrogen and oxygen atoms in total. The second-order valence-corrected chi connectivity index (χ2v) is 5.86. The molecule has 0 radical (unpaired) electrons. The monoisotopic (exact) mass is 339 g/mol. The number of benzene rings is 2. The molecule has 128 valence electrons. The fraction of sp³-hybridized carbons (Fsp3) is 0.158. The SMILES string of the molecule is CC1=C(C(=O)Nc2ccccc2C)[C@H](c2ccccc2F)NC(=O)N1. The molecule has 6 heteroatoms. The summed E-state index contributed by atoms with van der Waals surface area (Å²) < 4.78 is 14.2. The van der Waals surface area contributed by atoms with Crippen LogP contribution >= 0.6 is 0 Å². The van der Waals surface area contributed by atoms with Gasteiger partial charge in [-0.25, -0.2) is 9.18 Å².